The first kappa shape index (κ1) is 26.5. The van der Waals surface area contributed by atoms with E-state index in [4.69, 9.17) is 9.47 Å². The summed E-state index contributed by atoms with van der Waals surface area (Å²) in [6.07, 6.45) is 0. The molecule has 0 fully saturated rings. The number of rotatable bonds is 4. The standard InChI is InChI=1S/C15HBr10N3O2/c16-4-6(18)10(22)14(11(23)7(4)19)29-2-1-3(27-28-26-2)30-15-12(24)8(20)5(17)9(21)13(15)25/h1H. The van der Waals surface area contributed by atoms with Crippen molar-refractivity contribution in [1.29, 1.82) is 0 Å². The SMILES string of the molecule is Brc1c(Br)c(Br)c(Oc2cc(Oc3c(Br)c(Br)c(Br)c(Br)c3Br)nnn2)c(Br)c1Br. The van der Waals surface area contributed by atoms with E-state index >= 15 is 0 Å². The molecule has 0 amide bonds. The average Bonchev–Trinajstić information content (AvgIpc) is 2.74. The third-order valence-electron chi connectivity index (χ3n) is 3.29. The maximum atomic E-state index is 5.94. The Morgan fingerprint density at radius 3 is 1.00 bits per heavy atom. The van der Waals surface area contributed by atoms with E-state index in [1.54, 1.807) is 0 Å². The van der Waals surface area contributed by atoms with Crippen molar-refractivity contribution < 1.29 is 9.47 Å². The van der Waals surface area contributed by atoms with Gasteiger partial charge in [-0.2, -0.15) is 0 Å². The second kappa shape index (κ2) is 11.1. The molecule has 0 N–H and O–H groups in total. The van der Waals surface area contributed by atoms with E-state index in [1.165, 1.54) is 6.07 Å². The van der Waals surface area contributed by atoms with Gasteiger partial charge in [-0.3, -0.25) is 0 Å². The van der Waals surface area contributed by atoms with Crippen molar-refractivity contribution in [1.82, 2.24) is 15.4 Å². The van der Waals surface area contributed by atoms with Crippen molar-refractivity contribution in [2.75, 3.05) is 0 Å². The lowest BCUT2D eigenvalue weighted by Crippen LogP contribution is -1.99. The number of nitrogens with zero attached hydrogens (tertiary/aromatic N) is 3. The normalized spacial score (nSPS) is 11.0. The minimum absolute atomic E-state index is 0.185. The first-order valence-corrected chi connectivity index (χ1v) is 15.1. The monoisotopic (exact) mass is 1040 g/mol. The Bertz CT molecular complexity index is 1030. The molecule has 1 heterocycles. The Hall–Kier alpha value is 1.85. The van der Waals surface area contributed by atoms with E-state index < -0.39 is 0 Å². The topological polar surface area (TPSA) is 57.1 Å². The summed E-state index contributed by atoms with van der Waals surface area (Å²) in [7, 11) is 0. The second-order valence-corrected chi connectivity index (χ2v) is 13.0. The smallest absolute Gasteiger partial charge is 0.246 e. The number of halogens is 10. The lowest BCUT2D eigenvalue weighted by Gasteiger charge is -2.15. The zero-order valence-corrected chi connectivity index (χ0v) is 29.4. The Morgan fingerprint density at radius 2 is 0.700 bits per heavy atom. The van der Waals surface area contributed by atoms with Gasteiger partial charge in [0.2, 0.25) is 11.8 Å². The van der Waals surface area contributed by atoms with Crippen LogP contribution in [0.25, 0.3) is 0 Å². The molecular weight excluding hydrogens is 1050 g/mol. The molecule has 0 aliphatic heterocycles. The quantitative estimate of drug-likeness (QED) is 0.193. The van der Waals surface area contributed by atoms with Gasteiger partial charge in [0, 0.05) is 8.95 Å². The summed E-state index contributed by atoms with van der Waals surface area (Å²) in [4.78, 5) is 0. The van der Waals surface area contributed by atoms with Crippen LogP contribution in [0.15, 0.2) is 50.8 Å². The van der Waals surface area contributed by atoms with Gasteiger partial charge >= 0.3 is 0 Å². The van der Waals surface area contributed by atoms with Gasteiger partial charge in [-0.05, 0) is 165 Å². The van der Waals surface area contributed by atoms with Crippen LogP contribution in [0.5, 0.6) is 23.3 Å². The van der Waals surface area contributed by atoms with Crippen molar-refractivity contribution >= 4 is 159 Å². The van der Waals surface area contributed by atoms with Crippen LogP contribution in [0.4, 0.5) is 0 Å². The molecule has 0 radical (unpaired) electrons. The lowest BCUT2D eigenvalue weighted by molar-refractivity contribution is 0.411. The van der Waals surface area contributed by atoms with Crippen LogP contribution in [-0.2, 0) is 0 Å². The molecule has 0 saturated carbocycles. The van der Waals surface area contributed by atoms with E-state index in [0.29, 0.717) is 29.4 Å². The maximum absolute atomic E-state index is 5.94. The van der Waals surface area contributed by atoms with Crippen molar-refractivity contribution in [3.63, 3.8) is 0 Å². The van der Waals surface area contributed by atoms with Crippen LogP contribution in [0.3, 0.4) is 0 Å². The molecule has 30 heavy (non-hydrogen) atoms. The van der Waals surface area contributed by atoms with Crippen molar-refractivity contribution in [3.8, 4) is 23.3 Å². The van der Waals surface area contributed by atoms with Crippen molar-refractivity contribution in [3.05, 3.63) is 50.8 Å². The highest BCUT2D eigenvalue weighted by Gasteiger charge is 2.22. The molecule has 2 aromatic carbocycles. The highest BCUT2D eigenvalue weighted by atomic mass is 79.9. The Balaban J connectivity index is 1.99. The number of ether oxygens (including phenoxy) is 2. The van der Waals surface area contributed by atoms with E-state index in [2.05, 4.69) is 175 Å². The van der Waals surface area contributed by atoms with E-state index in [9.17, 15) is 0 Å². The van der Waals surface area contributed by atoms with Crippen LogP contribution < -0.4 is 9.47 Å². The number of hydrogen-bond acceptors (Lipinski definition) is 5. The van der Waals surface area contributed by atoms with Gasteiger partial charge < -0.3 is 9.47 Å². The Labute approximate surface area is 254 Å². The summed E-state index contributed by atoms with van der Waals surface area (Å²) in [6.45, 7) is 0. The predicted molar refractivity (Wildman–Crippen MR) is 150 cm³/mol. The Kier molecular flexibility index (Phi) is 9.75. The molecule has 3 rings (SSSR count). The summed E-state index contributed by atoms with van der Waals surface area (Å²) in [5.41, 5.74) is 0. The van der Waals surface area contributed by atoms with Gasteiger partial charge in [0.1, 0.15) is 0 Å². The van der Waals surface area contributed by atoms with Crippen LogP contribution in [0.2, 0.25) is 0 Å². The zero-order valence-electron chi connectivity index (χ0n) is 13.5. The minimum Gasteiger partial charge on any atom is -0.435 e. The Morgan fingerprint density at radius 1 is 0.433 bits per heavy atom. The first-order valence-electron chi connectivity index (χ1n) is 7.13. The van der Waals surface area contributed by atoms with E-state index in [-0.39, 0.29) is 11.8 Å². The van der Waals surface area contributed by atoms with E-state index in [1.807, 2.05) is 0 Å². The molecule has 1 aromatic heterocycles. The molecule has 0 unspecified atom stereocenters. The minimum atomic E-state index is 0.185. The summed E-state index contributed by atoms with van der Waals surface area (Å²) in [5.74, 6) is 1.34. The molecule has 0 atom stereocenters. The maximum Gasteiger partial charge on any atom is 0.246 e. The van der Waals surface area contributed by atoms with Gasteiger partial charge in [0.05, 0.1) is 41.8 Å². The summed E-state index contributed by atoms with van der Waals surface area (Å²) < 4.78 is 19.3. The fourth-order valence-electron chi connectivity index (χ4n) is 1.93. The lowest BCUT2D eigenvalue weighted by atomic mass is 10.3. The molecule has 0 bridgehead atoms. The van der Waals surface area contributed by atoms with Gasteiger partial charge in [-0.25, -0.2) is 0 Å². The largest absolute Gasteiger partial charge is 0.435 e. The van der Waals surface area contributed by atoms with Crippen LogP contribution in [0.1, 0.15) is 0 Å². The van der Waals surface area contributed by atoms with Crippen LogP contribution in [-0.4, -0.2) is 15.4 Å². The van der Waals surface area contributed by atoms with Crippen LogP contribution in [0, 0.1) is 0 Å². The molecule has 5 nitrogen and oxygen atoms in total. The van der Waals surface area contributed by atoms with Crippen molar-refractivity contribution in [2.45, 2.75) is 0 Å². The van der Waals surface area contributed by atoms with Crippen molar-refractivity contribution in [2.24, 2.45) is 0 Å². The van der Waals surface area contributed by atoms with Gasteiger partial charge in [0.25, 0.3) is 0 Å². The van der Waals surface area contributed by atoms with E-state index in [0.717, 1.165) is 26.8 Å². The summed E-state index contributed by atoms with van der Waals surface area (Å²) in [5, 5.41) is 11.6. The fourth-order valence-corrected chi connectivity index (χ4v) is 8.28. The van der Waals surface area contributed by atoms with Gasteiger partial charge in [-0.1, -0.05) is 10.2 Å². The third-order valence-corrected chi connectivity index (χ3v) is 15.3. The molecule has 0 spiro atoms. The number of benzene rings is 2. The van der Waals surface area contributed by atoms with Crippen LogP contribution >= 0.6 is 159 Å². The number of aromatic nitrogens is 3. The predicted octanol–water partition coefficient (Wildman–Crippen LogP) is 11.1. The molecule has 0 aliphatic rings. The first-order chi connectivity index (χ1) is 14.0. The molecule has 0 saturated heterocycles. The van der Waals surface area contributed by atoms with Gasteiger partial charge in [0.15, 0.2) is 11.5 Å². The second-order valence-electron chi connectivity index (χ2n) is 5.11. The number of hydrogen-bond donors (Lipinski definition) is 0. The highest BCUT2D eigenvalue weighted by Crippen LogP contribution is 2.51. The summed E-state index contributed by atoms with van der Waals surface area (Å²) >= 11 is 35.0. The average molecular weight is 1050 g/mol. The molecular formula is C15HBr10N3O2. The zero-order chi connectivity index (χ0) is 22.3. The van der Waals surface area contributed by atoms with Gasteiger partial charge in [-0.15, -0.1) is 0 Å². The third kappa shape index (κ3) is 5.40. The summed E-state index contributed by atoms with van der Waals surface area (Å²) in [6, 6.07) is 1.53. The highest BCUT2D eigenvalue weighted by molar-refractivity contribution is 9.16. The molecule has 3 aromatic rings. The molecule has 15 heteroatoms. The fraction of sp³-hybridized carbons (Fsp3) is 0. The molecule has 0 aliphatic carbocycles. The molecule has 158 valence electrons.